The smallest absolute Gasteiger partial charge is 0.0610 e. The Balaban J connectivity index is 2.17. The van der Waals surface area contributed by atoms with E-state index in [9.17, 15) is 0 Å². The largest absolute Gasteiger partial charge is 0.392 e. The maximum atomic E-state index is 8.89. The van der Waals surface area contributed by atoms with Crippen LogP contribution in [-0.2, 0) is 0 Å². The Bertz CT molecular complexity index is 168. The summed E-state index contributed by atoms with van der Waals surface area (Å²) in [5.41, 5.74) is 0. The van der Waals surface area contributed by atoms with Crippen molar-refractivity contribution in [3.8, 4) is 0 Å². The fraction of sp³-hybridized carbons (Fsp3) is 0.333. The first kappa shape index (κ1) is 7.29. The molecule has 1 N–H and O–H groups in total. The molecule has 0 heterocycles. The highest BCUT2D eigenvalue weighted by atomic mass is 16.3. The van der Waals surface area contributed by atoms with Crippen molar-refractivity contribution < 1.29 is 5.11 Å². The van der Waals surface area contributed by atoms with E-state index >= 15 is 0 Å². The lowest BCUT2D eigenvalue weighted by Gasteiger charge is -1.78. The van der Waals surface area contributed by atoms with Gasteiger partial charge in [-0.25, -0.2) is 0 Å². The minimum atomic E-state index is -0.0756. The molecule has 1 rings (SSSR count). The van der Waals surface area contributed by atoms with Crippen molar-refractivity contribution >= 4 is 0 Å². The van der Waals surface area contributed by atoms with E-state index in [-0.39, 0.29) is 6.10 Å². The molecule has 1 fully saturated rings. The molecule has 0 bridgehead atoms. The molecule has 0 spiro atoms. The number of hydrogen-bond acceptors (Lipinski definition) is 1. The maximum Gasteiger partial charge on any atom is 0.0610 e. The maximum absolute atomic E-state index is 8.89. The molecule has 0 aromatic heterocycles. The van der Waals surface area contributed by atoms with Gasteiger partial charge in [0.15, 0.2) is 0 Å². The second kappa shape index (κ2) is 3.37. The highest BCUT2D eigenvalue weighted by Gasteiger charge is 2.31. The molecule has 0 radical (unpaired) electrons. The summed E-state index contributed by atoms with van der Waals surface area (Å²) in [6, 6.07) is 0. The minimum Gasteiger partial charge on any atom is -0.392 e. The van der Waals surface area contributed by atoms with Crippen LogP contribution in [0.1, 0.15) is 6.42 Å². The third-order valence-corrected chi connectivity index (χ3v) is 1.52. The quantitative estimate of drug-likeness (QED) is 0.585. The van der Waals surface area contributed by atoms with Crippen molar-refractivity contribution in [1.82, 2.24) is 0 Å². The molecule has 0 amide bonds. The summed E-state index contributed by atoms with van der Waals surface area (Å²) in [5.74, 6) is 0.412. The van der Waals surface area contributed by atoms with Gasteiger partial charge in [-0.3, -0.25) is 0 Å². The third kappa shape index (κ3) is 2.19. The van der Waals surface area contributed by atoms with Crippen LogP contribution in [-0.4, -0.2) is 11.2 Å². The number of rotatable bonds is 3. The van der Waals surface area contributed by atoms with Crippen LogP contribution in [0, 0.1) is 5.92 Å². The van der Waals surface area contributed by atoms with E-state index in [1.165, 1.54) is 0 Å². The molecule has 10 heavy (non-hydrogen) atoms. The molecule has 54 valence electrons. The van der Waals surface area contributed by atoms with Crippen LogP contribution >= 0.6 is 0 Å². The normalized spacial score (nSPS) is 31.7. The zero-order valence-electron chi connectivity index (χ0n) is 5.90. The van der Waals surface area contributed by atoms with E-state index < -0.39 is 0 Å². The zero-order valence-corrected chi connectivity index (χ0v) is 5.90. The monoisotopic (exact) mass is 136 g/mol. The predicted octanol–water partition coefficient (Wildman–Crippen LogP) is 1.67. The van der Waals surface area contributed by atoms with Gasteiger partial charge in [0.2, 0.25) is 0 Å². The van der Waals surface area contributed by atoms with Crippen LogP contribution in [0.3, 0.4) is 0 Å². The number of hydrogen-bond donors (Lipinski definition) is 1. The molecule has 1 unspecified atom stereocenters. The van der Waals surface area contributed by atoms with E-state index in [1.807, 2.05) is 24.3 Å². The summed E-state index contributed by atoms with van der Waals surface area (Å²) in [4.78, 5) is 0. The summed E-state index contributed by atoms with van der Waals surface area (Å²) in [6.45, 7) is 3.54. The second-order valence-corrected chi connectivity index (χ2v) is 2.47. The first-order valence-corrected chi connectivity index (χ1v) is 3.48. The fourth-order valence-corrected chi connectivity index (χ4v) is 0.757. The molecule has 1 aliphatic carbocycles. The summed E-state index contributed by atoms with van der Waals surface area (Å²) >= 11 is 0. The third-order valence-electron chi connectivity index (χ3n) is 1.52. The molecule has 1 saturated carbocycles. The molecule has 1 nitrogen and oxygen atoms in total. The standard InChI is InChI=1S/C9H12O/c1-2-3-4-5-6-8-7-9(8)10/h2-6,8-10H,1,7H2/b4-3-,6-5-/t8?,9-/m0/s1. The molecule has 0 aromatic rings. The number of aliphatic hydroxyl groups is 1. The zero-order chi connectivity index (χ0) is 7.40. The summed E-state index contributed by atoms with van der Waals surface area (Å²) in [6.07, 6.45) is 10.3. The first-order chi connectivity index (χ1) is 4.84. The van der Waals surface area contributed by atoms with Gasteiger partial charge < -0.3 is 5.11 Å². The average molecular weight is 136 g/mol. The van der Waals surface area contributed by atoms with E-state index in [1.54, 1.807) is 6.08 Å². The lowest BCUT2D eigenvalue weighted by molar-refractivity contribution is 0.268. The molecule has 0 aliphatic heterocycles. The Morgan fingerprint density at radius 1 is 1.30 bits per heavy atom. The SMILES string of the molecule is C=C/C=C\C=C/C1C[C@@H]1O. The topological polar surface area (TPSA) is 20.2 Å². The Morgan fingerprint density at radius 3 is 2.50 bits per heavy atom. The average Bonchev–Trinajstić information content (AvgIpc) is 2.60. The summed E-state index contributed by atoms with van der Waals surface area (Å²) in [7, 11) is 0. The summed E-state index contributed by atoms with van der Waals surface area (Å²) in [5, 5.41) is 8.89. The van der Waals surface area contributed by atoms with Gasteiger partial charge in [0, 0.05) is 5.92 Å². The predicted molar refractivity (Wildman–Crippen MR) is 42.6 cm³/mol. The molecular weight excluding hydrogens is 124 g/mol. The van der Waals surface area contributed by atoms with Crippen LogP contribution in [0.5, 0.6) is 0 Å². The van der Waals surface area contributed by atoms with Crippen molar-refractivity contribution in [2.75, 3.05) is 0 Å². The molecule has 1 aliphatic rings. The van der Waals surface area contributed by atoms with Gasteiger partial charge >= 0.3 is 0 Å². The fourth-order valence-electron chi connectivity index (χ4n) is 0.757. The highest BCUT2D eigenvalue weighted by molar-refractivity contribution is 5.13. The van der Waals surface area contributed by atoms with Crippen molar-refractivity contribution in [2.45, 2.75) is 12.5 Å². The van der Waals surface area contributed by atoms with Crippen molar-refractivity contribution in [3.63, 3.8) is 0 Å². The van der Waals surface area contributed by atoms with Gasteiger partial charge in [-0.15, -0.1) is 0 Å². The highest BCUT2D eigenvalue weighted by Crippen LogP contribution is 2.30. The van der Waals surface area contributed by atoms with Gasteiger partial charge in [-0.1, -0.05) is 37.0 Å². The second-order valence-electron chi connectivity index (χ2n) is 2.47. The number of allylic oxidation sites excluding steroid dienone is 4. The Kier molecular flexibility index (Phi) is 2.46. The molecule has 0 saturated heterocycles. The van der Waals surface area contributed by atoms with Crippen LogP contribution < -0.4 is 0 Å². The van der Waals surface area contributed by atoms with Crippen molar-refractivity contribution in [2.24, 2.45) is 5.92 Å². The molecule has 2 atom stereocenters. The van der Waals surface area contributed by atoms with E-state index in [0.717, 1.165) is 6.42 Å². The first-order valence-electron chi connectivity index (χ1n) is 3.48. The van der Waals surface area contributed by atoms with Crippen LogP contribution in [0.2, 0.25) is 0 Å². The van der Waals surface area contributed by atoms with E-state index in [4.69, 9.17) is 5.11 Å². The lowest BCUT2D eigenvalue weighted by Crippen LogP contribution is -1.78. The van der Waals surface area contributed by atoms with Gasteiger partial charge in [-0.05, 0) is 6.42 Å². The molecule has 1 heteroatoms. The number of aliphatic hydroxyl groups excluding tert-OH is 1. The van der Waals surface area contributed by atoms with Crippen LogP contribution in [0.4, 0.5) is 0 Å². The van der Waals surface area contributed by atoms with Gasteiger partial charge in [0.25, 0.3) is 0 Å². The Hall–Kier alpha value is -0.820. The van der Waals surface area contributed by atoms with Crippen LogP contribution in [0.15, 0.2) is 37.0 Å². The van der Waals surface area contributed by atoms with E-state index in [2.05, 4.69) is 6.58 Å². The van der Waals surface area contributed by atoms with Gasteiger partial charge in [0.05, 0.1) is 6.10 Å². The van der Waals surface area contributed by atoms with Crippen molar-refractivity contribution in [1.29, 1.82) is 0 Å². The molecule has 0 aromatic carbocycles. The van der Waals surface area contributed by atoms with Crippen LogP contribution in [0.25, 0.3) is 0 Å². The van der Waals surface area contributed by atoms with E-state index in [0.29, 0.717) is 5.92 Å². The van der Waals surface area contributed by atoms with Gasteiger partial charge in [-0.2, -0.15) is 0 Å². The molecular formula is C9H12O. The Morgan fingerprint density at radius 2 is 2.00 bits per heavy atom. The Labute approximate surface area is 61.4 Å². The minimum absolute atomic E-state index is 0.0756. The van der Waals surface area contributed by atoms with Gasteiger partial charge in [0.1, 0.15) is 0 Å². The summed E-state index contributed by atoms with van der Waals surface area (Å²) < 4.78 is 0. The lowest BCUT2D eigenvalue weighted by atomic mass is 10.3. The van der Waals surface area contributed by atoms with Crippen molar-refractivity contribution in [3.05, 3.63) is 37.0 Å².